The molecule has 0 unspecified atom stereocenters. The van der Waals surface area contributed by atoms with Crippen LogP contribution < -0.4 is 15.4 Å². The first kappa shape index (κ1) is 17.7. The van der Waals surface area contributed by atoms with E-state index in [4.69, 9.17) is 4.74 Å². The van der Waals surface area contributed by atoms with Crippen molar-refractivity contribution in [1.82, 2.24) is 9.97 Å². The number of carbonyl (C=O) groups excluding carboxylic acids is 1. The number of ether oxygens (including phenoxy) is 1. The van der Waals surface area contributed by atoms with Crippen LogP contribution in [0.25, 0.3) is 0 Å². The summed E-state index contributed by atoms with van der Waals surface area (Å²) in [5.74, 6) is 1.45. The molecule has 0 radical (unpaired) electrons. The smallest absolute Gasteiger partial charge is 0.274 e. The molecule has 0 atom stereocenters. The van der Waals surface area contributed by atoms with Gasteiger partial charge in [-0.15, -0.1) is 0 Å². The number of amides is 1. The molecule has 6 heteroatoms. The van der Waals surface area contributed by atoms with Gasteiger partial charge in [0.2, 0.25) is 5.95 Å². The number of aryl methyl sites for hydroxylation is 1. The van der Waals surface area contributed by atoms with Crippen LogP contribution in [0.2, 0.25) is 0 Å². The van der Waals surface area contributed by atoms with E-state index in [0.29, 0.717) is 29.9 Å². The van der Waals surface area contributed by atoms with Crippen molar-refractivity contribution in [3.05, 3.63) is 41.7 Å². The standard InChI is InChI=1S/C18H24N4O2/c1-5-24-15-8-6-14(7-9-15)21-17(23)16-10-13(4)20-18(22-16)19-11-12(2)3/h6-10,12H,5,11H2,1-4H3,(H,21,23)(H,19,20,22). The maximum absolute atomic E-state index is 12.4. The largest absolute Gasteiger partial charge is 0.494 e. The van der Waals surface area contributed by atoms with Gasteiger partial charge in [0.25, 0.3) is 5.91 Å². The van der Waals surface area contributed by atoms with E-state index in [-0.39, 0.29) is 5.91 Å². The van der Waals surface area contributed by atoms with Gasteiger partial charge in [0.15, 0.2) is 0 Å². The fraction of sp³-hybridized carbons (Fsp3) is 0.389. The maximum Gasteiger partial charge on any atom is 0.274 e. The minimum absolute atomic E-state index is 0.266. The molecule has 0 saturated carbocycles. The van der Waals surface area contributed by atoms with E-state index in [1.165, 1.54) is 0 Å². The molecule has 0 spiro atoms. The van der Waals surface area contributed by atoms with E-state index >= 15 is 0 Å². The zero-order chi connectivity index (χ0) is 17.5. The summed E-state index contributed by atoms with van der Waals surface area (Å²) in [5.41, 5.74) is 1.77. The number of benzene rings is 1. The Bertz CT molecular complexity index is 684. The van der Waals surface area contributed by atoms with Gasteiger partial charge in [-0.1, -0.05) is 13.8 Å². The van der Waals surface area contributed by atoms with Crippen LogP contribution in [-0.4, -0.2) is 29.0 Å². The average molecular weight is 328 g/mol. The van der Waals surface area contributed by atoms with Crippen LogP contribution in [-0.2, 0) is 0 Å². The number of nitrogens with zero attached hydrogens (tertiary/aromatic N) is 2. The molecular weight excluding hydrogens is 304 g/mol. The second-order valence-electron chi connectivity index (χ2n) is 5.90. The molecule has 2 aromatic rings. The highest BCUT2D eigenvalue weighted by Gasteiger charge is 2.11. The van der Waals surface area contributed by atoms with Crippen molar-refractivity contribution < 1.29 is 9.53 Å². The molecule has 2 rings (SSSR count). The molecule has 1 aromatic carbocycles. The summed E-state index contributed by atoms with van der Waals surface area (Å²) in [6.45, 7) is 9.33. The molecule has 1 heterocycles. The molecule has 24 heavy (non-hydrogen) atoms. The minimum Gasteiger partial charge on any atom is -0.494 e. The second kappa shape index (κ2) is 8.29. The average Bonchev–Trinajstić information content (AvgIpc) is 2.54. The quantitative estimate of drug-likeness (QED) is 0.813. The number of rotatable bonds is 7. The minimum atomic E-state index is -0.266. The van der Waals surface area contributed by atoms with Crippen molar-refractivity contribution in [1.29, 1.82) is 0 Å². The van der Waals surface area contributed by atoms with E-state index in [9.17, 15) is 4.79 Å². The number of hydrogen-bond donors (Lipinski definition) is 2. The Morgan fingerprint density at radius 1 is 1.21 bits per heavy atom. The van der Waals surface area contributed by atoms with Gasteiger partial charge >= 0.3 is 0 Å². The molecule has 0 bridgehead atoms. The first-order valence-electron chi connectivity index (χ1n) is 8.11. The third kappa shape index (κ3) is 5.22. The number of carbonyl (C=O) groups is 1. The molecule has 2 N–H and O–H groups in total. The lowest BCUT2D eigenvalue weighted by Gasteiger charge is -2.10. The topological polar surface area (TPSA) is 76.1 Å². The fourth-order valence-corrected chi connectivity index (χ4v) is 2.06. The van der Waals surface area contributed by atoms with Crippen molar-refractivity contribution in [3.63, 3.8) is 0 Å². The Labute approximate surface area is 142 Å². The lowest BCUT2D eigenvalue weighted by molar-refractivity contribution is 0.102. The molecular formula is C18H24N4O2. The summed E-state index contributed by atoms with van der Waals surface area (Å²) < 4.78 is 5.39. The molecule has 1 aromatic heterocycles. The van der Waals surface area contributed by atoms with Crippen molar-refractivity contribution >= 4 is 17.5 Å². The van der Waals surface area contributed by atoms with Gasteiger partial charge in [0.1, 0.15) is 11.4 Å². The SMILES string of the molecule is CCOc1ccc(NC(=O)c2cc(C)nc(NCC(C)C)n2)cc1. The van der Waals surface area contributed by atoms with E-state index < -0.39 is 0 Å². The summed E-state index contributed by atoms with van der Waals surface area (Å²) in [6, 6.07) is 8.91. The van der Waals surface area contributed by atoms with Crippen LogP contribution in [0.1, 0.15) is 37.0 Å². The van der Waals surface area contributed by atoms with Crippen molar-refractivity contribution in [2.45, 2.75) is 27.7 Å². The van der Waals surface area contributed by atoms with Gasteiger partial charge in [-0.05, 0) is 50.1 Å². The van der Waals surface area contributed by atoms with Crippen LogP contribution >= 0.6 is 0 Å². The third-order valence-corrected chi connectivity index (χ3v) is 3.18. The first-order valence-corrected chi connectivity index (χ1v) is 8.11. The Morgan fingerprint density at radius 2 is 1.92 bits per heavy atom. The number of nitrogens with one attached hydrogen (secondary N) is 2. The van der Waals surface area contributed by atoms with Crippen LogP contribution in [0, 0.1) is 12.8 Å². The van der Waals surface area contributed by atoms with Gasteiger partial charge in [-0.3, -0.25) is 4.79 Å². The highest BCUT2D eigenvalue weighted by atomic mass is 16.5. The normalized spacial score (nSPS) is 10.5. The monoisotopic (exact) mass is 328 g/mol. The van der Waals surface area contributed by atoms with Crippen molar-refractivity contribution in [3.8, 4) is 5.75 Å². The Kier molecular flexibility index (Phi) is 6.12. The molecule has 1 amide bonds. The summed E-state index contributed by atoms with van der Waals surface area (Å²) >= 11 is 0. The van der Waals surface area contributed by atoms with Crippen molar-refractivity contribution in [2.75, 3.05) is 23.8 Å². The number of hydrogen-bond acceptors (Lipinski definition) is 5. The van der Waals surface area contributed by atoms with E-state index in [1.807, 2.05) is 26.0 Å². The zero-order valence-corrected chi connectivity index (χ0v) is 14.6. The third-order valence-electron chi connectivity index (χ3n) is 3.18. The molecule has 0 aliphatic heterocycles. The fourth-order valence-electron chi connectivity index (χ4n) is 2.06. The molecule has 0 aliphatic rings. The lowest BCUT2D eigenvalue weighted by Crippen LogP contribution is -2.17. The van der Waals surface area contributed by atoms with Crippen molar-refractivity contribution in [2.24, 2.45) is 5.92 Å². The Morgan fingerprint density at radius 3 is 2.54 bits per heavy atom. The van der Waals surface area contributed by atoms with Crippen LogP contribution in [0.4, 0.5) is 11.6 Å². The van der Waals surface area contributed by atoms with Crippen LogP contribution in [0.15, 0.2) is 30.3 Å². The Hall–Kier alpha value is -2.63. The number of anilines is 2. The van der Waals surface area contributed by atoms with Crippen LogP contribution in [0.5, 0.6) is 5.75 Å². The first-order chi connectivity index (χ1) is 11.5. The molecule has 128 valence electrons. The molecule has 0 saturated heterocycles. The predicted octanol–water partition coefficient (Wildman–Crippen LogP) is 3.50. The summed E-state index contributed by atoms with van der Waals surface area (Å²) in [6.07, 6.45) is 0. The van der Waals surface area contributed by atoms with E-state index in [1.54, 1.807) is 18.2 Å². The predicted molar refractivity (Wildman–Crippen MR) is 95.7 cm³/mol. The summed E-state index contributed by atoms with van der Waals surface area (Å²) in [5, 5.41) is 5.98. The second-order valence-corrected chi connectivity index (χ2v) is 5.90. The lowest BCUT2D eigenvalue weighted by atomic mass is 10.2. The number of aromatic nitrogens is 2. The Balaban J connectivity index is 2.08. The molecule has 0 aliphatic carbocycles. The van der Waals surface area contributed by atoms with Gasteiger partial charge < -0.3 is 15.4 Å². The zero-order valence-electron chi connectivity index (χ0n) is 14.6. The van der Waals surface area contributed by atoms with E-state index in [0.717, 1.165) is 18.0 Å². The van der Waals surface area contributed by atoms with Gasteiger partial charge in [0, 0.05) is 17.9 Å². The van der Waals surface area contributed by atoms with Gasteiger partial charge in [-0.2, -0.15) is 0 Å². The van der Waals surface area contributed by atoms with Gasteiger partial charge in [0.05, 0.1) is 6.61 Å². The molecule has 0 fully saturated rings. The summed E-state index contributed by atoms with van der Waals surface area (Å²) in [4.78, 5) is 21.0. The van der Waals surface area contributed by atoms with Gasteiger partial charge in [-0.25, -0.2) is 9.97 Å². The van der Waals surface area contributed by atoms with E-state index in [2.05, 4.69) is 34.4 Å². The highest BCUT2D eigenvalue weighted by Crippen LogP contribution is 2.16. The maximum atomic E-state index is 12.4. The summed E-state index contributed by atoms with van der Waals surface area (Å²) in [7, 11) is 0. The highest BCUT2D eigenvalue weighted by molar-refractivity contribution is 6.03. The molecule has 6 nitrogen and oxygen atoms in total. The van der Waals surface area contributed by atoms with Crippen LogP contribution in [0.3, 0.4) is 0 Å².